The summed E-state index contributed by atoms with van der Waals surface area (Å²) in [6, 6.07) is 6.57. The summed E-state index contributed by atoms with van der Waals surface area (Å²) in [4.78, 5) is 25.7. The molecule has 0 spiro atoms. The number of hydrogen-bond donors (Lipinski definition) is 0. The molecule has 0 N–H and O–H groups in total. The molecule has 188 valence electrons. The summed E-state index contributed by atoms with van der Waals surface area (Å²) in [6.45, 7) is 12.4. The third-order valence-corrected chi connectivity index (χ3v) is 8.43. The topological polar surface area (TPSA) is 97.6 Å². The van der Waals surface area contributed by atoms with Gasteiger partial charge in [0.15, 0.2) is 5.65 Å². The molecular weight excluding hydrogens is 581 g/mol. The second-order valence-corrected chi connectivity index (χ2v) is 12.9. The van der Waals surface area contributed by atoms with Gasteiger partial charge in [-0.3, -0.25) is 0 Å². The lowest BCUT2D eigenvalue weighted by molar-refractivity contribution is 0.0130. The predicted molar refractivity (Wildman–Crippen MR) is 143 cm³/mol. The number of rotatable bonds is 3. The van der Waals surface area contributed by atoms with E-state index >= 15 is 0 Å². The van der Waals surface area contributed by atoms with Crippen molar-refractivity contribution in [3.05, 3.63) is 45.9 Å². The average molecular weight is 612 g/mol. The third-order valence-electron chi connectivity index (χ3n) is 5.95. The maximum Gasteiger partial charge on any atom is 0.410 e. The lowest BCUT2D eigenvalue weighted by Crippen LogP contribution is -2.59. The summed E-state index contributed by atoms with van der Waals surface area (Å²) in [7, 11) is -3.84. The number of benzene rings is 1. The van der Waals surface area contributed by atoms with Gasteiger partial charge in [0.1, 0.15) is 17.7 Å². The first-order chi connectivity index (χ1) is 16.3. The van der Waals surface area contributed by atoms with Crippen molar-refractivity contribution in [2.75, 3.05) is 18.0 Å². The number of amides is 1. The van der Waals surface area contributed by atoms with E-state index in [9.17, 15) is 13.2 Å². The van der Waals surface area contributed by atoms with Crippen LogP contribution in [0.4, 0.5) is 10.6 Å². The van der Waals surface area contributed by atoms with Gasteiger partial charge in [-0.2, -0.15) is 0 Å². The summed E-state index contributed by atoms with van der Waals surface area (Å²) in [5, 5.41) is 0.675. The molecule has 35 heavy (non-hydrogen) atoms. The molecule has 0 saturated carbocycles. The van der Waals surface area contributed by atoms with E-state index in [1.54, 1.807) is 35.4 Å². The minimum absolute atomic E-state index is 0.0651. The highest BCUT2D eigenvalue weighted by molar-refractivity contribution is 14.1. The van der Waals surface area contributed by atoms with Gasteiger partial charge in [0, 0.05) is 34.9 Å². The van der Waals surface area contributed by atoms with Crippen LogP contribution in [0.3, 0.4) is 0 Å². The number of carbonyl (C=O) groups excluding carboxylic acids is 1. The first-order valence-electron chi connectivity index (χ1n) is 11.4. The van der Waals surface area contributed by atoms with Crippen LogP contribution in [0.15, 0.2) is 41.7 Å². The average Bonchev–Trinajstić information content (AvgIpc) is 3.12. The van der Waals surface area contributed by atoms with Gasteiger partial charge >= 0.3 is 6.09 Å². The molecule has 1 aliphatic heterocycles. The lowest BCUT2D eigenvalue weighted by atomic mass is 10.1. The third kappa shape index (κ3) is 4.97. The van der Waals surface area contributed by atoms with Crippen LogP contribution in [0.25, 0.3) is 11.0 Å². The maximum absolute atomic E-state index is 13.4. The van der Waals surface area contributed by atoms with Gasteiger partial charge in [0.2, 0.25) is 0 Å². The van der Waals surface area contributed by atoms with Crippen LogP contribution < -0.4 is 4.90 Å². The van der Waals surface area contributed by atoms with Gasteiger partial charge in [-0.1, -0.05) is 17.7 Å². The molecule has 4 rings (SSSR count). The smallest absolute Gasteiger partial charge is 0.410 e. The van der Waals surface area contributed by atoms with Crippen LogP contribution in [-0.2, 0) is 14.8 Å². The second kappa shape index (κ2) is 9.23. The number of nitrogens with zero attached hydrogens (tertiary/aromatic N) is 5. The Morgan fingerprint density at radius 2 is 1.74 bits per heavy atom. The Kier molecular flexibility index (Phi) is 6.77. The largest absolute Gasteiger partial charge is 0.444 e. The monoisotopic (exact) mass is 611 g/mol. The van der Waals surface area contributed by atoms with Gasteiger partial charge in [0.25, 0.3) is 10.0 Å². The number of hydrogen-bond acceptors (Lipinski definition) is 7. The summed E-state index contributed by atoms with van der Waals surface area (Å²) in [5.74, 6) is 0.653. The Bertz CT molecular complexity index is 1370. The fraction of sp³-hybridized carbons (Fsp3) is 0.458. The normalized spacial score (nSPS) is 19.3. The van der Waals surface area contributed by atoms with Crippen LogP contribution in [-0.4, -0.2) is 64.1 Å². The molecule has 0 unspecified atom stereocenters. The van der Waals surface area contributed by atoms with E-state index in [2.05, 4.69) is 37.5 Å². The Hall–Kier alpha value is -2.41. The van der Waals surface area contributed by atoms with Crippen LogP contribution in [0.5, 0.6) is 0 Å². The van der Waals surface area contributed by atoms with Crippen molar-refractivity contribution in [3.8, 4) is 0 Å². The summed E-state index contributed by atoms with van der Waals surface area (Å²) < 4.78 is 34.4. The zero-order valence-corrected chi connectivity index (χ0v) is 23.7. The Labute approximate surface area is 219 Å². The van der Waals surface area contributed by atoms with Crippen molar-refractivity contribution in [2.45, 2.75) is 64.1 Å². The molecule has 0 aliphatic carbocycles. The molecule has 1 aliphatic rings. The van der Waals surface area contributed by atoms with Crippen LogP contribution in [0.2, 0.25) is 0 Å². The van der Waals surface area contributed by atoms with Crippen molar-refractivity contribution >= 4 is 55.6 Å². The highest BCUT2D eigenvalue weighted by Gasteiger charge is 2.36. The molecule has 1 amide bonds. The first-order valence-corrected chi connectivity index (χ1v) is 13.9. The van der Waals surface area contributed by atoms with Gasteiger partial charge < -0.3 is 14.5 Å². The van der Waals surface area contributed by atoms with Crippen molar-refractivity contribution in [1.82, 2.24) is 18.8 Å². The van der Waals surface area contributed by atoms with E-state index in [-0.39, 0.29) is 23.1 Å². The second-order valence-electron chi connectivity index (χ2n) is 9.97. The molecule has 3 heterocycles. The SMILES string of the molecule is Cc1ccc(S(=O)(=O)n2cc(I)c3c(N4C[C@H](C)N(C(=O)OC(C)(C)C)C[C@H]4C)ncnc32)cc1. The van der Waals surface area contributed by atoms with Crippen LogP contribution in [0.1, 0.15) is 40.2 Å². The number of halogens is 1. The molecule has 9 nitrogen and oxygen atoms in total. The fourth-order valence-corrected chi connectivity index (χ4v) is 6.47. The maximum atomic E-state index is 13.4. The summed E-state index contributed by atoms with van der Waals surface area (Å²) in [6.07, 6.45) is 2.64. The molecule has 11 heteroatoms. The van der Waals surface area contributed by atoms with Gasteiger partial charge in [-0.15, -0.1) is 0 Å². The number of anilines is 1. The highest BCUT2D eigenvalue weighted by atomic mass is 127. The van der Waals surface area contributed by atoms with Crippen molar-refractivity contribution in [3.63, 3.8) is 0 Å². The molecule has 0 bridgehead atoms. The van der Waals surface area contributed by atoms with E-state index < -0.39 is 15.6 Å². The molecule has 2 atom stereocenters. The molecule has 1 fully saturated rings. The lowest BCUT2D eigenvalue weighted by Gasteiger charge is -2.44. The molecule has 2 aromatic heterocycles. The van der Waals surface area contributed by atoms with E-state index in [4.69, 9.17) is 4.74 Å². The fourth-order valence-electron chi connectivity index (χ4n) is 4.20. The standard InChI is InChI=1S/C24H30IN5O4S/c1-15-7-9-18(10-8-15)35(32,33)30-13-19(25)20-21(26-14-27-22(20)30)28-11-17(3)29(12-16(28)2)23(31)34-24(4,5)6/h7-10,13-14,16-17H,11-12H2,1-6H3/t16-,17+/m1/s1. The highest BCUT2D eigenvalue weighted by Crippen LogP contribution is 2.34. The quantitative estimate of drug-likeness (QED) is 0.405. The Morgan fingerprint density at radius 3 is 2.37 bits per heavy atom. The van der Waals surface area contributed by atoms with Crippen molar-refractivity contribution in [1.29, 1.82) is 0 Å². The van der Waals surface area contributed by atoms with Crippen molar-refractivity contribution in [2.24, 2.45) is 0 Å². The minimum Gasteiger partial charge on any atom is -0.444 e. The van der Waals surface area contributed by atoms with E-state index in [0.717, 1.165) is 9.13 Å². The number of aromatic nitrogens is 3. The minimum atomic E-state index is -3.84. The Morgan fingerprint density at radius 1 is 1.09 bits per heavy atom. The number of aryl methyl sites for hydroxylation is 1. The molecule has 1 aromatic carbocycles. The van der Waals surface area contributed by atoms with E-state index in [1.165, 1.54) is 10.3 Å². The number of piperazine rings is 1. The number of fused-ring (bicyclic) bond motifs is 1. The molecule has 0 radical (unpaired) electrons. The summed E-state index contributed by atoms with van der Waals surface area (Å²) in [5.41, 5.74) is 0.737. The Balaban J connectivity index is 1.71. The zero-order chi connectivity index (χ0) is 25.7. The van der Waals surface area contributed by atoms with Crippen LogP contribution >= 0.6 is 22.6 Å². The van der Waals surface area contributed by atoms with Gasteiger partial charge in [-0.25, -0.2) is 27.2 Å². The molecule has 3 aromatic rings. The number of carbonyl (C=O) groups is 1. The zero-order valence-electron chi connectivity index (χ0n) is 20.7. The van der Waals surface area contributed by atoms with E-state index in [1.807, 2.05) is 41.5 Å². The van der Waals surface area contributed by atoms with Crippen LogP contribution in [0, 0.1) is 10.5 Å². The molecule has 1 saturated heterocycles. The number of ether oxygens (including phenoxy) is 1. The van der Waals surface area contributed by atoms with Crippen molar-refractivity contribution < 1.29 is 17.9 Å². The predicted octanol–water partition coefficient (Wildman–Crippen LogP) is 4.42. The first kappa shape index (κ1) is 25.7. The van der Waals surface area contributed by atoms with Gasteiger partial charge in [0.05, 0.1) is 10.3 Å². The molecular formula is C24H30IN5O4S. The van der Waals surface area contributed by atoms with Gasteiger partial charge in [-0.05, 0) is 76.3 Å². The van der Waals surface area contributed by atoms with E-state index in [0.29, 0.717) is 29.9 Å². The summed E-state index contributed by atoms with van der Waals surface area (Å²) >= 11 is 2.13.